The molecule has 4 heteroatoms. The van der Waals surface area contributed by atoms with Crippen molar-refractivity contribution in [3.8, 4) is 0 Å². The van der Waals surface area contributed by atoms with Crippen molar-refractivity contribution in [2.75, 3.05) is 32.7 Å². The lowest BCUT2D eigenvalue weighted by molar-refractivity contribution is -0.159. The first-order valence-electron chi connectivity index (χ1n) is 14.8. The van der Waals surface area contributed by atoms with Gasteiger partial charge in [-0.05, 0) is 65.5 Å². The monoisotopic (exact) mass is 509 g/mol. The SMILES string of the molecule is CCN1CC2CC3CN(CC(C)C)C(C2Cc2ccccc2)C31C(=O)NCCc1cccc2ccccc12. The van der Waals surface area contributed by atoms with Gasteiger partial charge in [0.05, 0.1) is 0 Å². The predicted octanol–water partition coefficient (Wildman–Crippen LogP) is 5.41. The Morgan fingerprint density at radius 1 is 1.00 bits per heavy atom. The lowest BCUT2D eigenvalue weighted by atomic mass is 9.57. The van der Waals surface area contributed by atoms with Crippen molar-refractivity contribution in [1.29, 1.82) is 0 Å². The van der Waals surface area contributed by atoms with Gasteiger partial charge in [0.2, 0.25) is 5.91 Å². The third-order valence-corrected chi connectivity index (χ3v) is 9.72. The number of benzene rings is 3. The third kappa shape index (κ3) is 4.26. The molecule has 1 saturated carbocycles. The van der Waals surface area contributed by atoms with E-state index in [0.717, 1.165) is 39.0 Å². The van der Waals surface area contributed by atoms with Gasteiger partial charge in [-0.25, -0.2) is 0 Å². The molecule has 0 radical (unpaired) electrons. The Labute approximate surface area is 228 Å². The molecule has 4 nitrogen and oxygen atoms in total. The smallest absolute Gasteiger partial charge is 0.242 e. The summed E-state index contributed by atoms with van der Waals surface area (Å²) in [4.78, 5) is 19.8. The number of piperidine rings is 2. The van der Waals surface area contributed by atoms with Crippen LogP contribution in [0.5, 0.6) is 0 Å². The Morgan fingerprint density at radius 2 is 1.76 bits per heavy atom. The van der Waals surface area contributed by atoms with Gasteiger partial charge in [-0.15, -0.1) is 0 Å². The van der Waals surface area contributed by atoms with Crippen molar-refractivity contribution in [2.24, 2.45) is 23.7 Å². The Balaban J connectivity index is 1.29. The summed E-state index contributed by atoms with van der Waals surface area (Å²) < 4.78 is 0. The molecule has 3 aliphatic heterocycles. The molecule has 5 atom stereocenters. The van der Waals surface area contributed by atoms with Crippen molar-refractivity contribution in [3.63, 3.8) is 0 Å². The van der Waals surface area contributed by atoms with E-state index in [9.17, 15) is 4.79 Å². The molecule has 1 N–H and O–H groups in total. The maximum atomic E-state index is 14.5. The van der Waals surface area contributed by atoms with Crippen LogP contribution >= 0.6 is 0 Å². The average Bonchev–Trinajstić information content (AvgIpc) is 3.19. The molecule has 5 unspecified atom stereocenters. The Hall–Kier alpha value is -2.69. The Morgan fingerprint density at radius 3 is 2.55 bits per heavy atom. The molecule has 0 spiro atoms. The van der Waals surface area contributed by atoms with E-state index >= 15 is 0 Å². The molecular formula is C34H43N3O. The zero-order valence-electron chi connectivity index (χ0n) is 23.3. The predicted molar refractivity (Wildman–Crippen MR) is 156 cm³/mol. The molecule has 4 fully saturated rings. The number of carbonyl (C=O) groups excluding carboxylic acids is 1. The lowest BCUT2D eigenvalue weighted by Crippen LogP contribution is -2.77. The van der Waals surface area contributed by atoms with Crippen LogP contribution in [0.1, 0.15) is 38.3 Å². The van der Waals surface area contributed by atoms with Crippen LogP contribution in [-0.2, 0) is 17.6 Å². The van der Waals surface area contributed by atoms with Gasteiger partial charge in [-0.3, -0.25) is 14.6 Å². The summed E-state index contributed by atoms with van der Waals surface area (Å²) in [6.45, 7) is 11.7. The van der Waals surface area contributed by atoms with Gasteiger partial charge in [0.15, 0.2) is 0 Å². The number of carbonyl (C=O) groups is 1. The normalized spacial score (nSPS) is 28.8. The zero-order valence-corrected chi connectivity index (χ0v) is 23.3. The molecular weight excluding hydrogens is 466 g/mol. The molecule has 3 saturated heterocycles. The van der Waals surface area contributed by atoms with Gasteiger partial charge in [0, 0.05) is 38.1 Å². The fourth-order valence-corrected chi connectivity index (χ4v) is 8.43. The zero-order chi connectivity index (χ0) is 26.3. The summed E-state index contributed by atoms with van der Waals surface area (Å²) in [5.74, 6) is 2.45. The van der Waals surface area contributed by atoms with Gasteiger partial charge < -0.3 is 5.32 Å². The van der Waals surface area contributed by atoms with Crippen LogP contribution in [0.3, 0.4) is 0 Å². The number of hydrogen-bond donors (Lipinski definition) is 1. The van der Waals surface area contributed by atoms with E-state index in [4.69, 9.17) is 0 Å². The maximum absolute atomic E-state index is 14.5. The molecule has 3 heterocycles. The number of likely N-dealkylation sites (tertiary alicyclic amines) is 1. The Kier molecular flexibility index (Phi) is 7.05. The van der Waals surface area contributed by atoms with Gasteiger partial charge in [0.1, 0.15) is 5.54 Å². The van der Waals surface area contributed by atoms with Crippen molar-refractivity contribution < 1.29 is 4.79 Å². The van der Waals surface area contributed by atoms with E-state index in [1.54, 1.807) is 0 Å². The molecule has 4 bridgehead atoms. The molecule has 200 valence electrons. The van der Waals surface area contributed by atoms with Crippen molar-refractivity contribution in [2.45, 2.75) is 51.6 Å². The molecule has 0 aromatic heterocycles. The van der Waals surface area contributed by atoms with Gasteiger partial charge in [0.25, 0.3) is 0 Å². The average molecular weight is 510 g/mol. The van der Waals surface area contributed by atoms with Crippen LogP contribution in [-0.4, -0.2) is 60.0 Å². The molecule has 3 aromatic carbocycles. The minimum absolute atomic E-state index is 0.275. The number of likely N-dealkylation sites (N-methyl/N-ethyl adjacent to an activating group) is 1. The summed E-state index contributed by atoms with van der Waals surface area (Å²) >= 11 is 0. The Bertz CT molecular complexity index is 1270. The van der Waals surface area contributed by atoms with Crippen LogP contribution in [0.15, 0.2) is 72.8 Å². The summed E-state index contributed by atoms with van der Waals surface area (Å²) in [6.07, 6.45) is 3.10. The number of fused-ring (bicyclic) bond motifs is 2. The second-order valence-electron chi connectivity index (χ2n) is 12.3. The van der Waals surface area contributed by atoms with Crippen LogP contribution in [0, 0.1) is 23.7 Å². The molecule has 4 aliphatic rings. The molecule has 7 rings (SSSR count). The fraction of sp³-hybridized carbons (Fsp3) is 0.500. The summed E-state index contributed by atoms with van der Waals surface area (Å²) in [5.41, 5.74) is 2.30. The highest BCUT2D eigenvalue weighted by molar-refractivity contribution is 5.89. The highest BCUT2D eigenvalue weighted by Crippen LogP contribution is 2.57. The standard InChI is InChI=1S/C34H43N3O/c1-4-37-22-28-20-29-23-36(21-24(2)3)32(31(28)19-25-11-6-5-7-12-25)34(29,37)33(38)35-18-17-27-15-10-14-26-13-8-9-16-30(26)27/h5-16,24,28-29,31-32H,4,17-23H2,1-3H3,(H,35,38). The van der Waals surface area contributed by atoms with E-state index in [2.05, 4.69) is 109 Å². The molecule has 38 heavy (non-hydrogen) atoms. The maximum Gasteiger partial charge on any atom is 0.242 e. The largest absolute Gasteiger partial charge is 0.354 e. The topological polar surface area (TPSA) is 35.6 Å². The summed E-state index contributed by atoms with van der Waals surface area (Å²) in [7, 11) is 0. The van der Waals surface area contributed by atoms with Crippen LogP contribution in [0.25, 0.3) is 10.8 Å². The molecule has 1 aliphatic carbocycles. The van der Waals surface area contributed by atoms with Gasteiger partial charge in [-0.2, -0.15) is 0 Å². The number of nitrogens with one attached hydrogen (secondary N) is 1. The molecule has 3 aromatic rings. The van der Waals surface area contributed by atoms with E-state index in [1.165, 1.54) is 28.3 Å². The highest BCUT2D eigenvalue weighted by Gasteiger charge is 2.70. The quantitative estimate of drug-likeness (QED) is 0.419. The van der Waals surface area contributed by atoms with E-state index in [1.807, 2.05) is 0 Å². The van der Waals surface area contributed by atoms with E-state index in [-0.39, 0.29) is 11.9 Å². The molecule has 1 amide bonds. The number of amides is 1. The first kappa shape index (κ1) is 25.6. The van der Waals surface area contributed by atoms with Gasteiger partial charge >= 0.3 is 0 Å². The number of hydrogen-bond acceptors (Lipinski definition) is 3. The number of rotatable bonds is 9. The van der Waals surface area contributed by atoms with Crippen molar-refractivity contribution in [3.05, 3.63) is 83.9 Å². The van der Waals surface area contributed by atoms with Crippen LogP contribution < -0.4 is 5.32 Å². The van der Waals surface area contributed by atoms with Crippen LogP contribution in [0.4, 0.5) is 0 Å². The van der Waals surface area contributed by atoms with E-state index in [0.29, 0.717) is 30.2 Å². The first-order chi connectivity index (χ1) is 18.5. The van der Waals surface area contributed by atoms with Crippen molar-refractivity contribution in [1.82, 2.24) is 15.1 Å². The van der Waals surface area contributed by atoms with Crippen molar-refractivity contribution >= 4 is 16.7 Å². The summed E-state index contributed by atoms with van der Waals surface area (Å²) in [6, 6.07) is 26.3. The minimum Gasteiger partial charge on any atom is -0.354 e. The van der Waals surface area contributed by atoms with Gasteiger partial charge in [-0.1, -0.05) is 93.6 Å². The van der Waals surface area contributed by atoms with Crippen LogP contribution in [0.2, 0.25) is 0 Å². The second-order valence-corrected chi connectivity index (χ2v) is 12.3. The first-order valence-corrected chi connectivity index (χ1v) is 14.8. The minimum atomic E-state index is -0.420. The number of nitrogens with zero attached hydrogens (tertiary/aromatic N) is 2. The lowest BCUT2D eigenvalue weighted by Gasteiger charge is -2.61. The fourth-order valence-electron chi connectivity index (χ4n) is 8.43. The van der Waals surface area contributed by atoms with E-state index < -0.39 is 5.54 Å². The highest BCUT2D eigenvalue weighted by atomic mass is 16.2. The summed E-state index contributed by atoms with van der Waals surface area (Å²) in [5, 5.41) is 6.06. The second kappa shape index (κ2) is 10.5. The third-order valence-electron chi connectivity index (χ3n) is 9.72.